The molecule has 0 aliphatic rings. The summed E-state index contributed by atoms with van der Waals surface area (Å²) in [6.07, 6.45) is 0. The zero-order valence-electron chi connectivity index (χ0n) is 19.4. The van der Waals surface area contributed by atoms with Gasteiger partial charge in [-0.3, -0.25) is 4.90 Å². The highest BCUT2D eigenvalue weighted by atomic mass is 35.5. The van der Waals surface area contributed by atoms with Gasteiger partial charge in [0.1, 0.15) is 11.8 Å². The highest BCUT2D eigenvalue weighted by Gasteiger charge is 2.19. The largest absolute Gasteiger partial charge is 0.493 e. The van der Waals surface area contributed by atoms with E-state index in [-0.39, 0.29) is 19.3 Å². The molecule has 0 aliphatic heterocycles. The van der Waals surface area contributed by atoms with Gasteiger partial charge in [0.15, 0.2) is 11.5 Å². The zero-order chi connectivity index (χ0) is 23.3. The van der Waals surface area contributed by atoms with Crippen LogP contribution < -0.4 is 9.47 Å². The van der Waals surface area contributed by atoms with Gasteiger partial charge in [0.05, 0.1) is 25.1 Å². The van der Waals surface area contributed by atoms with Crippen molar-refractivity contribution in [1.82, 2.24) is 14.7 Å². The Kier molecular flexibility index (Phi) is 8.18. The second-order valence-electron chi connectivity index (χ2n) is 8.29. The second kappa shape index (κ2) is 10.9. The highest BCUT2D eigenvalue weighted by Crippen LogP contribution is 2.31. The van der Waals surface area contributed by atoms with Crippen molar-refractivity contribution in [3.63, 3.8) is 0 Å². The van der Waals surface area contributed by atoms with Crippen molar-refractivity contribution in [3.8, 4) is 17.2 Å². The molecule has 0 aliphatic carbocycles. The van der Waals surface area contributed by atoms with E-state index in [0.717, 1.165) is 22.5 Å². The number of likely N-dealkylation sites (N-methyl/N-ethyl adjacent to an activating group) is 1. The van der Waals surface area contributed by atoms with Gasteiger partial charge >= 0.3 is 0 Å². The van der Waals surface area contributed by atoms with Crippen LogP contribution in [0.25, 0.3) is 5.69 Å². The number of rotatable bonds is 10. The summed E-state index contributed by atoms with van der Waals surface area (Å²) in [5, 5.41) is 14.8. The number of aliphatic hydroxyl groups is 1. The smallest absolute Gasteiger partial charge is 0.161 e. The number of para-hydroxylation sites is 1. The van der Waals surface area contributed by atoms with Crippen molar-refractivity contribution in [1.29, 1.82) is 0 Å². The van der Waals surface area contributed by atoms with Crippen molar-refractivity contribution in [2.75, 3.05) is 20.8 Å². The lowest BCUT2D eigenvalue weighted by molar-refractivity contribution is 0.108. The van der Waals surface area contributed by atoms with Crippen LogP contribution in [0.5, 0.6) is 11.5 Å². The molecule has 0 saturated carbocycles. The molecule has 0 radical (unpaired) electrons. The minimum Gasteiger partial charge on any atom is -0.493 e. The normalized spacial score (nSPS) is 12.4. The summed E-state index contributed by atoms with van der Waals surface area (Å²) < 4.78 is 13.4. The van der Waals surface area contributed by atoms with Gasteiger partial charge in [-0.25, -0.2) is 4.68 Å². The maximum Gasteiger partial charge on any atom is 0.161 e. The Morgan fingerprint density at radius 3 is 2.47 bits per heavy atom. The Labute approximate surface area is 195 Å². The molecule has 32 heavy (non-hydrogen) atoms. The van der Waals surface area contributed by atoms with Crippen LogP contribution >= 0.6 is 11.6 Å². The van der Waals surface area contributed by atoms with E-state index in [1.165, 1.54) is 0 Å². The number of aromatic nitrogens is 2. The lowest BCUT2D eigenvalue weighted by Gasteiger charge is -2.29. The number of halogens is 1. The van der Waals surface area contributed by atoms with Crippen molar-refractivity contribution in [2.45, 2.75) is 40.0 Å². The number of ether oxygens (including phenoxy) is 2. The van der Waals surface area contributed by atoms with Crippen LogP contribution in [0.2, 0.25) is 5.15 Å². The van der Waals surface area contributed by atoms with Crippen LogP contribution in [0.15, 0.2) is 48.5 Å². The number of nitrogens with zero attached hydrogens (tertiary/aromatic N) is 3. The summed E-state index contributed by atoms with van der Waals surface area (Å²) in [6, 6.07) is 15.8. The number of aryl methyl sites for hydroxylation is 1. The third kappa shape index (κ3) is 5.44. The van der Waals surface area contributed by atoms with Crippen LogP contribution in [0.3, 0.4) is 0 Å². The highest BCUT2D eigenvalue weighted by molar-refractivity contribution is 6.30. The lowest BCUT2D eigenvalue weighted by Crippen LogP contribution is -2.38. The molecule has 1 atom stereocenters. The van der Waals surface area contributed by atoms with E-state index in [4.69, 9.17) is 21.1 Å². The minimum atomic E-state index is 0.100. The van der Waals surface area contributed by atoms with E-state index in [9.17, 15) is 5.11 Å². The van der Waals surface area contributed by atoms with Gasteiger partial charge in [0.2, 0.25) is 0 Å². The second-order valence-corrected chi connectivity index (χ2v) is 8.64. The quantitative estimate of drug-likeness (QED) is 0.470. The third-order valence-corrected chi connectivity index (χ3v) is 6.07. The molecule has 3 rings (SSSR count). The number of hydrogen-bond acceptors (Lipinski definition) is 5. The molecule has 7 heteroatoms. The molecule has 0 spiro atoms. The molecule has 2 aromatic carbocycles. The average molecular weight is 458 g/mol. The third-order valence-electron chi connectivity index (χ3n) is 5.68. The molecule has 6 nitrogen and oxygen atoms in total. The van der Waals surface area contributed by atoms with Crippen molar-refractivity contribution in [3.05, 3.63) is 70.5 Å². The number of benzene rings is 2. The minimum absolute atomic E-state index is 0.100. The van der Waals surface area contributed by atoms with Gasteiger partial charge in [-0.05, 0) is 49.7 Å². The van der Waals surface area contributed by atoms with Gasteiger partial charge in [-0.2, -0.15) is 5.10 Å². The van der Waals surface area contributed by atoms with Gasteiger partial charge < -0.3 is 14.6 Å². The molecule has 1 N–H and O–H groups in total. The van der Waals surface area contributed by atoms with Crippen LogP contribution in [0.1, 0.15) is 30.7 Å². The first kappa shape index (κ1) is 24.1. The first-order valence-corrected chi connectivity index (χ1v) is 11.1. The molecule has 172 valence electrons. The van der Waals surface area contributed by atoms with Crippen LogP contribution in [-0.4, -0.2) is 46.6 Å². The summed E-state index contributed by atoms with van der Waals surface area (Å²) >= 11 is 6.62. The van der Waals surface area contributed by atoms with Crippen molar-refractivity contribution in [2.24, 2.45) is 5.92 Å². The summed E-state index contributed by atoms with van der Waals surface area (Å²) in [5.41, 5.74) is 3.64. The van der Waals surface area contributed by atoms with Crippen LogP contribution in [0.4, 0.5) is 0 Å². The predicted octanol–water partition coefficient (Wildman–Crippen LogP) is 4.87. The Morgan fingerprint density at radius 2 is 1.84 bits per heavy atom. The predicted molar refractivity (Wildman–Crippen MR) is 128 cm³/mol. The fourth-order valence-corrected chi connectivity index (χ4v) is 4.11. The summed E-state index contributed by atoms with van der Waals surface area (Å²) in [6.45, 7) is 7.27. The monoisotopic (exact) mass is 457 g/mol. The number of hydrogen-bond donors (Lipinski definition) is 1. The summed E-state index contributed by atoms with van der Waals surface area (Å²) in [4.78, 5) is 2.15. The van der Waals surface area contributed by atoms with Gasteiger partial charge in [0, 0.05) is 18.2 Å². The van der Waals surface area contributed by atoms with E-state index < -0.39 is 0 Å². The molecule has 0 unspecified atom stereocenters. The SMILES string of the molecule is COc1cc(CN(C)[C@H](CO)C(C)C)ccc1OCc1c(C)nn(-c2ccccc2)c1Cl. The number of aliphatic hydroxyl groups excluding tert-OH is 1. The number of methoxy groups -OCH3 is 1. The average Bonchev–Trinajstić information content (AvgIpc) is 3.06. The van der Waals surface area contributed by atoms with Crippen molar-refractivity contribution < 1.29 is 14.6 Å². The van der Waals surface area contributed by atoms with E-state index in [1.54, 1.807) is 11.8 Å². The molecular weight excluding hydrogens is 426 g/mol. The Hall–Kier alpha value is -2.54. The fourth-order valence-electron chi connectivity index (χ4n) is 3.78. The maximum atomic E-state index is 9.68. The zero-order valence-corrected chi connectivity index (χ0v) is 20.1. The molecule has 0 bridgehead atoms. The molecule has 0 fully saturated rings. The Bertz CT molecular complexity index is 1020. The Morgan fingerprint density at radius 1 is 1.12 bits per heavy atom. The molecule has 1 heterocycles. The maximum absolute atomic E-state index is 9.68. The van der Waals surface area contributed by atoms with E-state index in [1.807, 2.05) is 62.5 Å². The topological polar surface area (TPSA) is 59.8 Å². The van der Waals surface area contributed by atoms with Crippen molar-refractivity contribution >= 4 is 11.6 Å². The van der Waals surface area contributed by atoms with Gasteiger partial charge in [-0.15, -0.1) is 0 Å². The molecule has 0 amide bonds. The van der Waals surface area contributed by atoms with E-state index >= 15 is 0 Å². The molecular formula is C25H32ClN3O3. The van der Waals surface area contributed by atoms with Crippen LogP contribution in [0, 0.1) is 12.8 Å². The fraction of sp³-hybridized carbons (Fsp3) is 0.400. The van der Waals surface area contributed by atoms with Gasteiger partial charge in [0.25, 0.3) is 0 Å². The first-order valence-electron chi connectivity index (χ1n) is 10.8. The molecule has 0 saturated heterocycles. The lowest BCUT2D eigenvalue weighted by atomic mass is 10.0. The first-order chi connectivity index (χ1) is 15.3. The standard InChI is InChI=1S/C25H32ClN3O3/c1-17(2)22(15-30)28(4)14-19-11-12-23(24(13-19)31-5)32-16-21-18(3)27-29(25(21)26)20-9-7-6-8-10-20/h6-13,17,22,30H,14-16H2,1-5H3/t22-/m1/s1. The van der Waals surface area contributed by atoms with Crippen LogP contribution in [-0.2, 0) is 13.2 Å². The summed E-state index contributed by atoms with van der Waals surface area (Å²) in [7, 11) is 3.65. The molecule has 3 aromatic rings. The Balaban J connectivity index is 1.74. The van der Waals surface area contributed by atoms with E-state index in [2.05, 4.69) is 23.8 Å². The molecule has 1 aromatic heterocycles. The summed E-state index contributed by atoms with van der Waals surface area (Å²) in [5.74, 6) is 1.66. The van der Waals surface area contributed by atoms with Gasteiger partial charge in [-0.1, -0.05) is 49.7 Å². The van der Waals surface area contributed by atoms with E-state index in [0.29, 0.717) is 29.1 Å².